The smallest absolute Gasteiger partial charge is 0.201 e. The topological polar surface area (TPSA) is 0 Å². The molecule has 0 aliphatic heterocycles. The first-order valence-corrected chi connectivity index (χ1v) is 5.98. The molecule has 0 saturated carbocycles. The number of halogens is 2. The summed E-state index contributed by atoms with van der Waals surface area (Å²) in [5.41, 5.74) is 0.109. The molecule has 0 heterocycles. The Morgan fingerprint density at radius 1 is 1.20 bits per heavy atom. The lowest BCUT2D eigenvalue weighted by Gasteiger charge is -2.14. The first kappa shape index (κ1) is 12.5. The van der Waals surface area contributed by atoms with Gasteiger partial charge in [-0.2, -0.15) is 0 Å². The van der Waals surface area contributed by atoms with Gasteiger partial charge in [0.05, 0.1) is 0 Å². The van der Waals surface area contributed by atoms with Crippen LogP contribution in [0.5, 0.6) is 0 Å². The quantitative estimate of drug-likeness (QED) is 0.676. The zero-order valence-electron chi connectivity index (χ0n) is 9.26. The molecule has 1 aromatic carbocycles. The SMILES string of the molecule is CCC(F)(F)c1ccc(SC(C)C)cc1. The van der Waals surface area contributed by atoms with Gasteiger partial charge in [-0.1, -0.05) is 32.9 Å². The van der Waals surface area contributed by atoms with Crippen LogP contribution in [0.1, 0.15) is 32.8 Å². The van der Waals surface area contributed by atoms with Crippen LogP contribution >= 0.6 is 11.8 Å². The molecule has 0 amide bonds. The largest absolute Gasteiger partial charge is 0.273 e. The van der Waals surface area contributed by atoms with Gasteiger partial charge in [0.15, 0.2) is 0 Å². The van der Waals surface area contributed by atoms with Crippen molar-refractivity contribution in [2.45, 2.75) is 43.3 Å². The van der Waals surface area contributed by atoms with Crippen LogP contribution in [0.4, 0.5) is 8.78 Å². The van der Waals surface area contributed by atoms with Crippen molar-refractivity contribution >= 4 is 11.8 Å². The van der Waals surface area contributed by atoms with Crippen molar-refractivity contribution in [3.8, 4) is 0 Å². The zero-order chi connectivity index (χ0) is 11.5. The van der Waals surface area contributed by atoms with Gasteiger partial charge < -0.3 is 0 Å². The van der Waals surface area contributed by atoms with Gasteiger partial charge in [0, 0.05) is 22.1 Å². The van der Waals surface area contributed by atoms with Crippen molar-refractivity contribution in [2.75, 3.05) is 0 Å². The first-order valence-electron chi connectivity index (χ1n) is 5.10. The molecule has 0 aliphatic rings. The molecule has 0 atom stereocenters. The van der Waals surface area contributed by atoms with Crippen LogP contribution in [0.25, 0.3) is 0 Å². The van der Waals surface area contributed by atoms with Crippen molar-refractivity contribution in [1.29, 1.82) is 0 Å². The monoisotopic (exact) mass is 230 g/mol. The highest BCUT2D eigenvalue weighted by atomic mass is 32.2. The van der Waals surface area contributed by atoms with E-state index in [-0.39, 0.29) is 12.0 Å². The highest BCUT2D eigenvalue weighted by Crippen LogP contribution is 2.32. The minimum Gasteiger partial charge on any atom is -0.201 e. The highest BCUT2D eigenvalue weighted by Gasteiger charge is 2.28. The maximum atomic E-state index is 13.3. The molecular weight excluding hydrogens is 214 g/mol. The molecule has 0 nitrogen and oxygen atoms in total. The fraction of sp³-hybridized carbons (Fsp3) is 0.500. The van der Waals surface area contributed by atoms with Gasteiger partial charge >= 0.3 is 0 Å². The van der Waals surface area contributed by atoms with Crippen molar-refractivity contribution in [1.82, 2.24) is 0 Å². The summed E-state index contributed by atoms with van der Waals surface area (Å²) in [6, 6.07) is 6.58. The maximum Gasteiger partial charge on any atom is 0.273 e. The van der Waals surface area contributed by atoms with Gasteiger partial charge in [0.1, 0.15) is 0 Å². The number of rotatable bonds is 4. The molecule has 1 aromatic rings. The third-order valence-corrected chi connectivity index (χ3v) is 3.11. The van der Waals surface area contributed by atoms with Crippen LogP contribution in [-0.4, -0.2) is 5.25 Å². The van der Waals surface area contributed by atoms with Crippen LogP contribution in [-0.2, 0) is 5.92 Å². The molecule has 0 spiro atoms. The van der Waals surface area contributed by atoms with Crippen molar-refractivity contribution in [3.63, 3.8) is 0 Å². The predicted octanol–water partition coefficient (Wildman–Crippen LogP) is 4.69. The standard InChI is InChI=1S/C12H16F2S/c1-4-12(13,14)10-5-7-11(8-6-10)15-9(2)3/h5-9H,4H2,1-3H3. The van der Waals surface area contributed by atoms with Crippen molar-refractivity contribution < 1.29 is 8.78 Å². The van der Waals surface area contributed by atoms with E-state index in [0.717, 1.165) is 4.90 Å². The average molecular weight is 230 g/mol. The van der Waals surface area contributed by atoms with Gasteiger partial charge in [-0.25, -0.2) is 8.78 Å². The molecule has 15 heavy (non-hydrogen) atoms. The Bertz CT molecular complexity index is 304. The molecule has 0 radical (unpaired) electrons. The molecule has 0 fully saturated rings. The number of thioether (sulfide) groups is 1. The summed E-state index contributed by atoms with van der Waals surface area (Å²) < 4.78 is 26.5. The summed E-state index contributed by atoms with van der Waals surface area (Å²) in [5.74, 6) is -2.69. The minimum absolute atomic E-state index is 0.109. The molecule has 3 heteroatoms. The van der Waals surface area contributed by atoms with Gasteiger partial charge in [0.25, 0.3) is 5.92 Å². The molecule has 0 saturated heterocycles. The van der Waals surface area contributed by atoms with Crippen LogP contribution in [0, 0.1) is 0 Å². The summed E-state index contributed by atoms with van der Waals surface area (Å²) in [7, 11) is 0. The molecule has 0 aromatic heterocycles. The highest BCUT2D eigenvalue weighted by molar-refractivity contribution is 7.99. The van der Waals surface area contributed by atoms with Crippen LogP contribution in [0.15, 0.2) is 29.2 Å². The van der Waals surface area contributed by atoms with E-state index in [1.165, 1.54) is 19.1 Å². The third kappa shape index (κ3) is 3.49. The van der Waals surface area contributed by atoms with Crippen molar-refractivity contribution in [2.24, 2.45) is 0 Å². The van der Waals surface area contributed by atoms with Crippen molar-refractivity contribution in [3.05, 3.63) is 29.8 Å². The van der Waals surface area contributed by atoms with Crippen LogP contribution < -0.4 is 0 Å². The third-order valence-electron chi connectivity index (χ3n) is 2.09. The Labute approximate surface area is 94.1 Å². The molecule has 0 N–H and O–H groups in total. The zero-order valence-corrected chi connectivity index (χ0v) is 10.1. The fourth-order valence-electron chi connectivity index (χ4n) is 1.25. The van der Waals surface area contributed by atoms with E-state index >= 15 is 0 Å². The Balaban J connectivity index is 2.81. The predicted molar refractivity (Wildman–Crippen MR) is 61.6 cm³/mol. The van der Waals surface area contributed by atoms with Crippen LogP contribution in [0.2, 0.25) is 0 Å². The van der Waals surface area contributed by atoms with Gasteiger partial charge in [-0.3, -0.25) is 0 Å². The van der Waals surface area contributed by atoms with E-state index in [0.29, 0.717) is 5.25 Å². The Kier molecular flexibility index (Phi) is 4.14. The second-order valence-electron chi connectivity index (χ2n) is 3.75. The van der Waals surface area contributed by atoms with E-state index in [9.17, 15) is 8.78 Å². The van der Waals surface area contributed by atoms with Gasteiger partial charge in [0.2, 0.25) is 0 Å². The van der Waals surface area contributed by atoms with Gasteiger partial charge in [-0.15, -0.1) is 11.8 Å². The lowest BCUT2D eigenvalue weighted by Crippen LogP contribution is -2.10. The molecule has 0 bridgehead atoms. The summed E-state index contributed by atoms with van der Waals surface area (Å²) in [4.78, 5) is 1.04. The first-order chi connectivity index (χ1) is 6.95. The molecular formula is C12H16F2S. The minimum atomic E-state index is -2.69. The molecule has 0 aliphatic carbocycles. The second-order valence-corrected chi connectivity index (χ2v) is 5.40. The van der Waals surface area contributed by atoms with E-state index < -0.39 is 5.92 Å². The second kappa shape index (κ2) is 4.97. The van der Waals surface area contributed by atoms with E-state index in [4.69, 9.17) is 0 Å². The Hall–Kier alpha value is -0.570. The van der Waals surface area contributed by atoms with E-state index in [1.54, 1.807) is 23.9 Å². The summed E-state index contributed by atoms with van der Waals surface area (Å²) >= 11 is 1.68. The number of hydrogen-bond acceptors (Lipinski definition) is 1. The maximum absolute atomic E-state index is 13.3. The van der Waals surface area contributed by atoms with E-state index in [1.807, 2.05) is 0 Å². The Morgan fingerprint density at radius 2 is 1.73 bits per heavy atom. The average Bonchev–Trinajstić information content (AvgIpc) is 2.18. The molecule has 1 rings (SSSR count). The number of alkyl halides is 2. The molecule has 84 valence electrons. The number of benzene rings is 1. The molecule has 0 unspecified atom stereocenters. The summed E-state index contributed by atoms with van der Waals surface area (Å²) in [5, 5.41) is 0.475. The van der Waals surface area contributed by atoms with E-state index in [2.05, 4.69) is 13.8 Å². The van der Waals surface area contributed by atoms with Gasteiger partial charge in [-0.05, 0) is 12.1 Å². The normalized spacial score (nSPS) is 12.1. The fourth-order valence-corrected chi connectivity index (χ4v) is 2.09. The summed E-state index contributed by atoms with van der Waals surface area (Å²) in [6.45, 7) is 5.66. The van der Waals surface area contributed by atoms with Crippen LogP contribution in [0.3, 0.4) is 0 Å². The number of hydrogen-bond donors (Lipinski definition) is 0. The summed E-state index contributed by atoms with van der Waals surface area (Å²) in [6.07, 6.45) is -0.149. The lowest BCUT2D eigenvalue weighted by atomic mass is 10.1. The lowest BCUT2D eigenvalue weighted by molar-refractivity contribution is -0.00833. The Morgan fingerprint density at radius 3 is 2.13 bits per heavy atom.